The van der Waals surface area contributed by atoms with Crippen LogP contribution < -0.4 is 15.8 Å². The quantitative estimate of drug-likeness (QED) is 0.746. The molecule has 1 rings (SSSR count). The summed E-state index contributed by atoms with van der Waals surface area (Å²) in [7, 11) is 0. The lowest BCUT2D eigenvalue weighted by molar-refractivity contribution is -0.122. The normalized spacial score (nSPS) is 11.6. The van der Waals surface area contributed by atoms with Gasteiger partial charge in [-0.1, -0.05) is 19.1 Å². The Labute approximate surface area is 126 Å². The molecule has 1 aromatic rings. The van der Waals surface area contributed by atoms with Crippen molar-refractivity contribution in [3.05, 3.63) is 28.8 Å². The third-order valence-electron chi connectivity index (χ3n) is 3.25. The maximum absolute atomic E-state index is 11.4. The maximum Gasteiger partial charge on any atom is 0.258 e. The summed E-state index contributed by atoms with van der Waals surface area (Å²) < 4.78 is 5.56. The zero-order valence-corrected chi connectivity index (χ0v) is 12.9. The minimum atomic E-state index is -0.299. The van der Waals surface area contributed by atoms with Gasteiger partial charge in [-0.3, -0.25) is 4.79 Å². The molecule has 0 aliphatic carbocycles. The third kappa shape index (κ3) is 5.44. The molecule has 0 bridgehead atoms. The van der Waals surface area contributed by atoms with E-state index in [1.165, 1.54) is 5.56 Å². The number of nitrogens with zero attached hydrogens (tertiary/aromatic N) is 1. The summed E-state index contributed by atoms with van der Waals surface area (Å²) in [5, 5.41) is 10.8. The number of carbonyl (C=O) groups excluding carboxylic acids is 1. The highest BCUT2D eigenvalue weighted by Gasteiger charge is 2.10. The number of nitrogens with two attached hydrogens (primary N) is 1. The molecule has 3 N–H and O–H groups in total. The lowest BCUT2D eigenvalue weighted by Gasteiger charge is -2.15. The molecule has 5 nitrogen and oxygen atoms in total. The third-order valence-corrected chi connectivity index (χ3v) is 3.25. The molecule has 0 fully saturated rings. The number of hydrogen-bond donors (Lipinski definition) is 2. The smallest absolute Gasteiger partial charge is 0.258 e. The Morgan fingerprint density at radius 2 is 2.05 bits per heavy atom. The molecule has 1 aromatic carbocycles. The summed E-state index contributed by atoms with van der Waals surface area (Å²) in [5.74, 6) is 0.420. The number of ether oxygens (including phenoxy) is 1. The fraction of sp³-hybridized carbons (Fsp3) is 0.500. The van der Waals surface area contributed by atoms with Crippen LogP contribution in [0, 0.1) is 25.2 Å². The topological polar surface area (TPSA) is 88.1 Å². The summed E-state index contributed by atoms with van der Waals surface area (Å²) >= 11 is 0. The van der Waals surface area contributed by atoms with Crippen molar-refractivity contribution in [1.82, 2.24) is 5.32 Å². The van der Waals surface area contributed by atoms with Crippen LogP contribution in [0.2, 0.25) is 0 Å². The highest BCUT2D eigenvalue weighted by atomic mass is 16.5. The molecule has 0 saturated heterocycles. The zero-order chi connectivity index (χ0) is 15.8. The van der Waals surface area contributed by atoms with Gasteiger partial charge in [-0.2, -0.15) is 5.26 Å². The van der Waals surface area contributed by atoms with Crippen molar-refractivity contribution in [1.29, 1.82) is 5.26 Å². The van der Waals surface area contributed by atoms with Crippen LogP contribution in [0.1, 0.15) is 30.0 Å². The average Bonchev–Trinajstić information content (AvgIpc) is 2.43. The Morgan fingerprint density at radius 1 is 1.43 bits per heavy atom. The molecule has 0 saturated carbocycles. The molecule has 0 aromatic heterocycles. The Kier molecular flexibility index (Phi) is 6.70. The summed E-state index contributed by atoms with van der Waals surface area (Å²) in [6, 6.07) is 6.10. The van der Waals surface area contributed by atoms with Gasteiger partial charge in [-0.05, 0) is 43.4 Å². The fourth-order valence-electron chi connectivity index (χ4n) is 2.16. The van der Waals surface area contributed by atoms with Crippen molar-refractivity contribution in [3.8, 4) is 11.8 Å². The number of rotatable bonds is 7. The van der Waals surface area contributed by atoms with Crippen LogP contribution in [-0.2, 0) is 11.2 Å². The summed E-state index contributed by atoms with van der Waals surface area (Å²) in [6.07, 6.45) is 1.77. The van der Waals surface area contributed by atoms with Crippen molar-refractivity contribution in [2.24, 2.45) is 5.73 Å². The van der Waals surface area contributed by atoms with E-state index >= 15 is 0 Å². The Hall–Kier alpha value is -2.06. The van der Waals surface area contributed by atoms with Crippen LogP contribution >= 0.6 is 0 Å². The van der Waals surface area contributed by atoms with E-state index in [4.69, 9.17) is 15.7 Å². The zero-order valence-electron chi connectivity index (χ0n) is 12.9. The van der Waals surface area contributed by atoms with E-state index in [0.29, 0.717) is 0 Å². The molecular formula is C16H23N3O2. The van der Waals surface area contributed by atoms with Crippen LogP contribution in [0.4, 0.5) is 0 Å². The average molecular weight is 289 g/mol. The maximum atomic E-state index is 11.4. The Morgan fingerprint density at radius 3 is 2.57 bits per heavy atom. The first-order chi connectivity index (χ1) is 9.97. The minimum absolute atomic E-state index is 0.00595. The van der Waals surface area contributed by atoms with Crippen molar-refractivity contribution in [2.75, 3.05) is 13.2 Å². The number of benzene rings is 1. The number of aryl methyl sites for hydroxylation is 2. The largest absolute Gasteiger partial charge is 0.483 e. The van der Waals surface area contributed by atoms with Gasteiger partial charge in [0.1, 0.15) is 12.3 Å². The van der Waals surface area contributed by atoms with Gasteiger partial charge in [-0.15, -0.1) is 0 Å². The summed E-state index contributed by atoms with van der Waals surface area (Å²) in [6.45, 7) is 5.89. The second-order valence-electron chi connectivity index (χ2n) is 5.15. The molecule has 0 radical (unpaired) electrons. The first-order valence-corrected chi connectivity index (χ1v) is 7.10. The van der Waals surface area contributed by atoms with Crippen LogP contribution in [0.3, 0.4) is 0 Å². The molecule has 0 heterocycles. The van der Waals surface area contributed by atoms with Gasteiger partial charge in [0, 0.05) is 6.04 Å². The SMILES string of the molecule is CCC(N)Cc1cc(C)c(OCC(=O)NCC#N)c(C)c1. The van der Waals surface area contributed by atoms with E-state index in [0.717, 1.165) is 29.7 Å². The fourth-order valence-corrected chi connectivity index (χ4v) is 2.16. The van der Waals surface area contributed by atoms with Crippen LogP contribution in [0.25, 0.3) is 0 Å². The molecule has 1 amide bonds. The molecule has 5 heteroatoms. The molecule has 1 atom stereocenters. The molecule has 0 spiro atoms. The van der Waals surface area contributed by atoms with E-state index in [2.05, 4.69) is 12.2 Å². The number of hydrogen-bond acceptors (Lipinski definition) is 4. The first kappa shape index (κ1) is 17.0. The highest BCUT2D eigenvalue weighted by molar-refractivity contribution is 5.77. The van der Waals surface area contributed by atoms with Crippen molar-refractivity contribution in [2.45, 2.75) is 39.7 Å². The van der Waals surface area contributed by atoms with Gasteiger partial charge >= 0.3 is 0 Å². The second-order valence-corrected chi connectivity index (χ2v) is 5.15. The minimum Gasteiger partial charge on any atom is -0.483 e. The molecule has 0 aliphatic rings. The number of amides is 1. The summed E-state index contributed by atoms with van der Waals surface area (Å²) in [4.78, 5) is 11.4. The van der Waals surface area contributed by atoms with Crippen molar-refractivity contribution in [3.63, 3.8) is 0 Å². The van der Waals surface area contributed by atoms with E-state index in [-0.39, 0.29) is 25.1 Å². The number of nitriles is 1. The number of nitrogens with one attached hydrogen (secondary N) is 1. The molecule has 114 valence electrons. The molecule has 1 unspecified atom stereocenters. The van der Waals surface area contributed by atoms with E-state index in [1.807, 2.05) is 32.0 Å². The molecular weight excluding hydrogens is 266 g/mol. The number of carbonyl (C=O) groups is 1. The van der Waals surface area contributed by atoms with Crippen LogP contribution in [-0.4, -0.2) is 25.1 Å². The monoisotopic (exact) mass is 289 g/mol. The standard InChI is InChI=1S/C16H23N3O2/c1-4-14(18)9-13-7-11(2)16(12(3)8-13)21-10-15(20)19-6-5-17/h7-8,14H,4,6,9-10,18H2,1-3H3,(H,19,20). The van der Waals surface area contributed by atoms with E-state index < -0.39 is 0 Å². The first-order valence-electron chi connectivity index (χ1n) is 7.10. The predicted molar refractivity (Wildman–Crippen MR) is 82.0 cm³/mol. The van der Waals surface area contributed by atoms with Crippen LogP contribution in [0.5, 0.6) is 5.75 Å². The van der Waals surface area contributed by atoms with Gasteiger partial charge < -0.3 is 15.8 Å². The van der Waals surface area contributed by atoms with Gasteiger partial charge in [0.05, 0.1) is 6.07 Å². The molecule has 21 heavy (non-hydrogen) atoms. The van der Waals surface area contributed by atoms with E-state index in [1.54, 1.807) is 0 Å². The van der Waals surface area contributed by atoms with Crippen molar-refractivity contribution < 1.29 is 9.53 Å². The van der Waals surface area contributed by atoms with Gasteiger partial charge in [0.25, 0.3) is 5.91 Å². The second kappa shape index (κ2) is 8.28. The van der Waals surface area contributed by atoms with E-state index in [9.17, 15) is 4.79 Å². The van der Waals surface area contributed by atoms with Gasteiger partial charge in [0.15, 0.2) is 6.61 Å². The predicted octanol–water partition coefficient (Wildman–Crippen LogP) is 1.60. The lowest BCUT2D eigenvalue weighted by Crippen LogP contribution is -2.29. The van der Waals surface area contributed by atoms with Crippen molar-refractivity contribution >= 4 is 5.91 Å². The lowest BCUT2D eigenvalue weighted by atomic mass is 9.99. The summed E-state index contributed by atoms with van der Waals surface area (Å²) in [5.41, 5.74) is 9.13. The molecule has 0 aliphatic heterocycles. The van der Waals surface area contributed by atoms with Gasteiger partial charge in [0.2, 0.25) is 0 Å². The Bertz CT molecular complexity index is 512. The highest BCUT2D eigenvalue weighted by Crippen LogP contribution is 2.25. The van der Waals surface area contributed by atoms with Gasteiger partial charge in [-0.25, -0.2) is 0 Å². The Balaban J connectivity index is 2.72. The van der Waals surface area contributed by atoms with Crippen LogP contribution in [0.15, 0.2) is 12.1 Å².